The summed E-state index contributed by atoms with van der Waals surface area (Å²) in [5, 5.41) is 5.82. The predicted molar refractivity (Wildman–Crippen MR) is 137 cm³/mol. The summed E-state index contributed by atoms with van der Waals surface area (Å²) in [6.07, 6.45) is -1.11. The molecular weight excluding hydrogens is 511 g/mol. The third kappa shape index (κ3) is 5.02. The van der Waals surface area contributed by atoms with Gasteiger partial charge in [0.25, 0.3) is 5.91 Å². The standard InChI is InChI=1S/C25H23ClF3N5OS/c1-15-13-32(2)7-8-33(15)24-31-23(35)22(36-24)10-16-3-6-21-18(9-16)12-30-34(21)14-17-4-5-19(26)11-20(17)25(27,28)29/h3-6,9-12,15H,7-8,13-14H2,1-2H3/t15-/m1/s1. The van der Waals surface area contributed by atoms with E-state index in [0.29, 0.717) is 10.4 Å². The average Bonchev–Trinajstić information content (AvgIpc) is 3.37. The Labute approximate surface area is 215 Å². The van der Waals surface area contributed by atoms with Crippen LogP contribution in [0.2, 0.25) is 5.02 Å². The minimum Gasteiger partial charge on any atom is -0.346 e. The van der Waals surface area contributed by atoms with Crippen LogP contribution in [-0.2, 0) is 17.5 Å². The van der Waals surface area contributed by atoms with Crippen LogP contribution in [0.15, 0.2) is 52.5 Å². The predicted octanol–water partition coefficient (Wildman–Crippen LogP) is 5.36. The number of thioether (sulfide) groups is 1. The molecule has 0 N–H and O–H groups in total. The molecule has 0 radical (unpaired) electrons. The first kappa shape index (κ1) is 24.9. The molecule has 0 unspecified atom stereocenters. The average molecular weight is 534 g/mol. The van der Waals surface area contributed by atoms with Crippen LogP contribution in [0.3, 0.4) is 0 Å². The molecule has 1 fully saturated rings. The third-order valence-electron chi connectivity index (χ3n) is 6.35. The van der Waals surface area contributed by atoms with Crippen LogP contribution in [0, 0.1) is 0 Å². The van der Waals surface area contributed by atoms with Crippen molar-refractivity contribution in [3.05, 3.63) is 69.2 Å². The minimum atomic E-state index is -4.52. The Kier molecular flexibility index (Phi) is 6.61. The van der Waals surface area contributed by atoms with Gasteiger partial charge < -0.3 is 9.80 Å². The van der Waals surface area contributed by atoms with Crippen LogP contribution in [0.25, 0.3) is 17.0 Å². The van der Waals surface area contributed by atoms with E-state index in [2.05, 4.69) is 33.9 Å². The number of likely N-dealkylation sites (N-methyl/N-ethyl adjacent to an activating group) is 1. The molecule has 11 heteroatoms. The van der Waals surface area contributed by atoms with Crippen LogP contribution in [0.5, 0.6) is 0 Å². The molecule has 1 saturated heterocycles. The van der Waals surface area contributed by atoms with Gasteiger partial charge in [-0.1, -0.05) is 23.7 Å². The van der Waals surface area contributed by atoms with E-state index >= 15 is 0 Å². The molecule has 0 aliphatic carbocycles. The van der Waals surface area contributed by atoms with Crippen molar-refractivity contribution in [2.24, 2.45) is 4.99 Å². The zero-order chi connectivity index (χ0) is 25.6. The number of piperazine rings is 1. The number of aliphatic imine (C=N–C) groups is 1. The maximum Gasteiger partial charge on any atom is 0.416 e. The quantitative estimate of drug-likeness (QED) is 0.424. The second kappa shape index (κ2) is 9.57. The number of hydrogen-bond acceptors (Lipinski definition) is 5. The van der Waals surface area contributed by atoms with E-state index < -0.39 is 11.7 Å². The van der Waals surface area contributed by atoms with Crippen LogP contribution in [-0.4, -0.2) is 63.4 Å². The molecule has 2 aromatic carbocycles. The van der Waals surface area contributed by atoms with Gasteiger partial charge in [-0.15, -0.1) is 0 Å². The monoisotopic (exact) mass is 533 g/mol. The Morgan fingerprint density at radius 2 is 2.00 bits per heavy atom. The van der Waals surface area contributed by atoms with Gasteiger partial charge in [0, 0.05) is 36.1 Å². The van der Waals surface area contributed by atoms with E-state index in [9.17, 15) is 18.0 Å². The fourth-order valence-corrected chi connectivity index (χ4v) is 5.74. The fourth-order valence-electron chi connectivity index (χ4n) is 4.53. The van der Waals surface area contributed by atoms with E-state index in [4.69, 9.17) is 11.6 Å². The van der Waals surface area contributed by atoms with Crippen LogP contribution < -0.4 is 0 Å². The zero-order valence-electron chi connectivity index (χ0n) is 19.6. The molecule has 5 rings (SSSR count). The number of amidine groups is 1. The summed E-state index contributed by atoms with van der Waals surface area (Å²) in [4.78, 5) is 21.8. The SMILES string of the molecule is C[C@@H]1CN(C)CCN1C1=NC(=O)C(=Cc2ccc3c(cnn3Cc3ccc(Cl)cc3C(F)(F)F)c2)S1. The van der Waals surface area contributed by atoms with E-state index in [0.717, 1.165) is 41.8 Å². The van der Waals surface area contributed by atoms with E-state index in [-0.39, 0.29) is 29.1 Å². The summed E-state index contributed by atoms with van der Waals surface area (Å²) in [6.45, 7) is 4.72. The number of rotatable bonds is 3. The molecule has 1 atom stereocenters. The molecule has 188 valence electrons. The van der Waals surface area contributed by atoms with Crippen LogP contribution in [0.4, 0.5) is 13.2 Å². The van der Waals surface area contributed by atoms with Gasteiger partial charge in [-0.3, -0.25) is 9.48 Å². The van der Waals surface area contributed by atoms with Crippen molar-refractivity contribution < 1.29 is 18.0 Å². The van der Waals surface area contributed by atoms with Gasteiger partial charge in [0.05, 0.1) is 28.7 Å². The third-order valence-corrected chi connectivity index (χ3v) is 7.60. The lowest BCUT2D eigenvalue weighted by Gasteiger charge is -2.38. The lowest BCUT2D eigenvalue weighted by atomic mass is 10.1. The van der Waals surface area contributed by atoms with Crippen molar-refractivity contribution in [3.8, 4) is 0 Å². The van der Waals surface area contributed by atoms with Gasteiger partial charge in [0.15, 0.2) is 5.17 Å². The molecule has 1 aromatic heterocycles. The first-order chi connectivity index (χ1) is 17.1. The molecule has 0 spiro atoms. The largest absolute Gasteiger partial charge is 0.416 e. The summed E-state index contributed by atoms with van der Waals surface area (Å²) in [5.41, 5.74) is 0.790. The molecule has 0 saturated carbocycles. The lowest BCUT2D eigenvalue weighted by molar-refractivity contribution is -0.138. The zero-order valence-corrected chi connectivity index (χ0v) is 21.2. The smallest absolute Gasteiger partial charge is 0.346 e. The molecule has 3 aromatic rings. The number of benzene rings is 2. The number of aromatic nitrogens is 2. The number of carbonyl (C=O) groups is 1. The topological polar surface area (TPSA) is 53.7 Å². The summed E-state index contributed by atoms with van der Waals surface area (Å²) < 4.78 is 42.0. The van der Waals surface area contributed by atoms with Crippen molar-refractivity contribution >= 4 is 51.4 Å². The first-order valence-electron chi connectivity index (χ1n) is 11.4. The molecule has 6 nitrogen and oxygen atoms in total. The maximum absolute atomic E-state index is 13.5. The van der Waals surface area contributed by atoms with Crippen molar-refractivity contribution in [2.45, 2.75) is 25.7 Å². The molecule has 2 aliphatic rings. The lowest BCUT2D eigenvalue weighted by Crippen LogP contribution is -2.51. The summed E-state index contributed by atoms with van der Waals surface area (Å²) in [7, 11) is 2.08. The van der Waals surface area contributed by atoms with Crippen LogP contribution in [0.1, 0.15) is 23.6 Å². The van der Waals surface area contributed by atoms with Crippen molar-refractivity contribution in [1.82, 2.24) is 19.6 Å². The Morgan fingerprint density at radius 1 is 1.19 bits per heavy atom. The van der Waals surface area contributed by atoms with Crippen molar-refractivity contribution in [3.63, 3.8) is 0 Å². The normalized spacial score (nSPS) is 20.6. The molecule has 2 aliphatic heterocycles. The first-order valence-corrected chi connectivity index (χ1v) is 12.6. The Balaban J connectivity index is 1.36. The van der Waals surface area contributed by atoms with Gasteiger partial charge in [-0.2, -0.15) is 23.3 Å². The Morgan fingerprint density at radius 3 is 2.75 bits per heavy atom. The molecule has 36 heavy (non-hydrogen) atoms. The fraction of sp³-hybridized carbons (Fsp3) is 0.320. The Hall–Kier alpha value is -2.82. The van der Waals surface area contributed by atoms with Crippen molar-refractivity contribution in [2.75, 3.05) is 26.7 Å². The van der Waals surface area contributed by atoms with Crippen molar-refractivity contribution in [1.29, 1.82) is 0 Å². The molecular formula is C25H23ClF3N5OS. The second-order valence-electron chi connectivity index (χ2n) is 9.03. The second-order valence-corrected chi connectivity index (χ2v) is 10.5. The maximum atomic E-state index is 13.5. The van der Waals surface area contributed by atoms with Gasteiger partial charge in [-0.25, -0.2) is 0 Å². The number of fused-ring (bicyclic) bond motifs is 1. The number of alkyl halides is 3. The van der Waals surface area contributed by atoms with E-state index in [1.807, 2.05) is 12.1 Å². The van der Waals surface area contributed by atoms with Gasteiger partial charge in [0.2, 0.25) is 0 Å². The summed E-state index contributed by atoms with van der Waals surface area (Å²) in [5.74, 6) is -0.265. The highest BCUT2D eigenvalue weighted by Gasteiger charge is 2.34. The number of hydrogen-bond donors (Lipinski definition) is 0. The highest BCUT2D eigenvalue weighted by molar-refractivity contribution is 8.18. The highest BCUT2D eigenvalue weighted by atomic mass is 35.5. The molecule has 3 heterocycles. The Bertz CT molecular complexity index is 1400. The highest BCUT2D eigenvalue weighted by Crippen LogP contribution is 2.35. The number of amides is 1. The number of halogens is 4. The van der Waals surface area contributed by atoms with E-state index in [1.165, 1.54) is 28.6 Å². The van der Waals surface area contributed by atoms with Gasteiger partial charge >= 0.3 is 6.18 Å². The number of carbonyl (C=O) groups excluding carboxylic acids is 1. The molecule has 0 bridgehead atoms. The minimum absolute atomic E-state index is 0.0302. The van der Waals surface area contributed by atoms with Gasteiger partial charge in [-0.05, 0) is 67.2 Å². The number of nitrogens with zero attached hydrogens (tertiary/aromatic N) is 5. The van der Waals surface area contributed by atoms with Crippen LogP contribution >= 0.6 is 23.4 Å². The summed E-state index contributed by atoms with van der Waals surface area (Å²) >= 11 is 7.17. The summed E-state index contributed by atoms with van der Waals surface area (Å²) in [6, 6.07) is 9.50. The van der Waals surface area contributed by atoms with Gasteiger partial charge in [0.1, 0.15) is 0 Å². The van der Waals surface area contributed by atoms with E-state index in [1.54, 1.807) is 18.3 Å². The molecule has 1 amide bonds.